The monoisotopic (exact) mass is 544 g/mol. The number of methoxy groups -OCH3 is 1. The van der Waals surface area contributed by atoms with Crippen molar-refractivity contribution >= 4 is 16.9 Å². The van der Waals surface area contributed by atoms with Gasteiger partial charge in [-0.2, -0.15) is 0 Å². The SMILES string of the molecule is COc1ccc2ncc(CF)c(C(O)CCC3(C(=O)O)CCN(CC#Cc4cc(F)cc(F)c4F)CC3)c2c1. The molecule has 0 spiro atoms. The van der Waals surface area contributed by atoms with Crippen LogP contribution in [0.4, 0.5) is 17.6 Å². The summed E-state index contributed by atoms with van der Waals surface area (Å²) >= 11 is 0. The van der Waals surface area contributed by atoms with Crippen LogP contribution in [0.25, 0.3) is 10.9 Å². The molecule has 2 aromatic carbocycles. The molecule has 1 fully saturated rings. The first kappa shape index (κ1) is 28.3. The number of nitrogens with zero attached hydrogens (tertiary/aromatic N) is 2. The number of aliphatic hydroxyl groups excluding tert-OH is 1. The van der Waals surface area contributed by atoms with E-state index < -0.39 is 41.6 Å². The number of carboxylic acids is 1. The number of alkyl halides is 1. The predicted octanol–water partition coefficient (Wildman–Crippen LogP) is 5.16. The molecule has 2 N–H and O–H groups in total. The molecule has 6 nitrogen and oxygen atoms in total. The molecule has 2 heterocycles. The van der Waals surface area contributed by atoms with Crippen molar-refractivity contribution in [1.29, 1.82) is 0 Å². The summed E-state index contributed by atoms with van der Waals surface area (Å²) < 4.78 is 59.6. The molecule has 4 rings (SSSR count). The fourth-order valence-corrected chi connectivity index (χ4v) is 5.02. The Labute approximate surface area is 223 Å². The van der Waals surface area contributed by atoms with Gasteiger partial charge in [-0.05, 0) is 55.5 Å². The van der Waals surface area contributed by atoms with E-state index in [4.69, 9.17) is 4.74 Å². The molecule has 1 atom stereocenters. The van der Waals surface area contributed by atoms with Gasteiger partial charge >= 0.3 is 5.97 Å². The molecule has 1 aliphatic rings. The van der Waals surface area contributed by atoms with Crippen molar-refractivity contribution in [3.05, 3.63) is 70.7 Å². The van der Waals surface area contributed by atoms with Crippen LogP contribution < -0.4 is 4.74 Å². The van der Waals surface area contributed by atoms with Gasteiger partial charge < -0.3 is 14.9 Å². The Hall–Kier alpha value is -3.68. The third-order valence-electron chi connectivity index (χ3n) is 7.36. The first-order valence-corrected chi connectivity index (χ1v) is 12.5. The second kappa shape index (κ2) is 12.0. The Morgan fingerprint density at radius 2 is 1.95 bits per heavy atom. The quantitative estimate of drug-likeness (QED) is 0.232. The molecule has 1 aliphatic heterocycles. The van der Waals surface area contributed by atoms with Gasteiger partial charge in [0, 0.05) is 36.3 Å². The lowest BCUT2D eigenvalue weighted by atomic mass is 9.74. The Morgan fingerprint density at radius 3 is 2.62 bits per heavy atom. The number of likely N-dealkylation sites (tertiary alicyclic amines) is 1. The number of hydrogen-bond donors (Lipinski definition) is 2. The lowest BCUT2D eigenvalue weighted by molar-refractivity contribution is -0.153. The van der Waals surface area contributed by atoms with Crippen molar-refractivity contribution < 1.29 is 37.3 Å². The van der Waals surface area contributed by atoms with E-state index in [1.54, 1.807) is 18.2 Å². The summed E-state index contributed by atoms with van der Waals surface area (Å²) in [6, 6.07) is 6.36. The molecule has 0 bridgehead atoms. The van der Waals surface area contributed by atoms with E-state index in [1.165, 1.54) is 13.3 Å². The second-order valence-corrected chi connectivity index (χ2v) is 9.68. The van der Waals surface area contributed by atoms with Crippen LogP contribution in [0.15, 0.2) is 36.5 Å². The molecule has 3 aromatic rings. The summed E-state index contributed by atoms with van der Waals surface area (Å²) in [7, 11) is 1.50. The van der Waals surface area contributed by atoms with E-state index in [0.717, 1.165) is 6.07 Å². The third-order valence-corrected chi connectivity index (χ3v) is 7.36. The van der Waals surface area contributed by atoms with Gasteiger partial charge in [0.05, 0.1) is 36.3 Å². The van der Waals surface area contributed by atoms with Crippen molar-refractivity contribution in [3.63, 3.8) is 0 Å². The number of benzene rings is 2. The summed E-state index contributed by atoms with van der Waals surface area (Å²) in [4.78, 5) is 18.5. The number of piperidine rings is 1. The Kier molecular flexibility index (Phi) is 8.73. The van der Waals surface area contributed by atoms with E-state index in [9.17, 15) is 32.6 Å². The highest BCUT2D eigenvalue weighted by Crippen LogP contribution is 2.40. The van der Waals surface area contributed by atoms with Crippen LogP contribution >= 0.6 is 0 Å². The minimum atomic E-state index is -1.32. The van der Waals surface area contributed by atoms with Crippen molar-refractivity contribution in [2.45, 2.75) is 38.5 Å². The molecular formula is C29H28F4N2O4. The van der Waals surface area contributed by atoms with Crippen LogP contribution in [0, 0.1) is 34.7 Å². The fraction of sp³-hybridized carbons (Fsp3) is 0.379. The maximum atomic E-state index is 13.8. The molecule has 39 heavy (non-hydrogen) atoms. The van der Waals surface area contributed by atoms with Crippen LogP contribution in [-0.4, -0.2) is 52.8 Å². The summed E-state index contributed by atoms with van der Waals surface area (Å²) in [5, 5.41) is 21.7. The number of aliphatic hydroxyl groups is 1. The van der Waals surface area contributed by atoms with Gasteiger partial charge in [-0.3, -0.25) is 14.7 Å². The van der Waals surface area contributed by atoms with E-state index in [-0.39, 0.29) is 43.4 Å². The average molecular weight is 545 g/mol. The number of ether oxygens (including phenoxy) is 1. The van der Waals surface area contributed by atoms with Crippen LogP contribution in [0.3, 0.4) is 0 Å². The maximum Gasteiger partial charge on any atom is 0.309 e. The number of carboxylic acid groups (broad SMARTS) is 1. The minimum Gasteiger partial charge on any atom is -0.497 e. The first-order chi connectivity index (χ1) is 18.7. The number of pyridine rings is 1. The molecule has 0 amide bonds. The Balaban J connectivity index is 1.44. The van der Waals surface area contributed by atoms with Crippen molar-refractivity contribution in [3.8, 4) is 17.6 Å². The number of halogens is 4. The van der Waals surface area contributed by atoms with E-state index in [1.807, 2.05) is 4.90 Å². The maximum absolute atomic E-state index is 13.8. The number of aromatic nitrogens is 1. The lowest BCUT2D eigenvalue weighted by Crippen LogP contribution is -2.44. The van der Waals surface area contributed by atoms with Crippen LogP contribution in [0.2, 0.25) is 0 Å². The van der Waals surface area contributed by atoms with Gasteiger partial charge in [-0.1, -0.05) is 11.8 Å². The summed E-state index contributed by atoms with van der Waals surface area (Å²) in [6.45, 7) is 0.0870. The van der Waals surface area contributed by atoms with Crippen molar-refractivity contribution in [2.24, 2.45) is 5.41 Å². The molecule has 0 radical (unpaired) electrons. The highest BCUT2D eigenvalue weighted by Gasteiger charge is 2.41. The zero-order valence-electron chi connectivity index (χ0n) is 21.3. The fourth-order valence-electron chi connectivity index (χ4n) is 5.02. The molecule has 1 unspecified atom stereocenters. The van der Waals surface area contributed by atoms with E-state index in [0.29, 0.717) is 41.4 Å². The average Bonchev–Trinajstić information content (AvgIpc) is 2.93. The van der Waals surface area contributed by atoms with Gasteiger partial charge in [0.15, 0.2) is 11.6 Å². The Bertz CT molecular complexity index is 1420. The summed E-state index contributed by atoms with van der Waals surface area (Å²) in [5.41, 5.74) is -0.317. The number of carbonyl (C=O) groups is 1. The standard InChI is InChI=1S/C29H28F4N2O4/c1-39-21-4-5-24-22(15-21)26(19(16-30)17-34-24)25(36)6-7-29(28(37)38)8-11-35(12-9-29)10-2-3-18-13-20(31)14-23(32)27(18)33/h4-5,13-15,17,25,36H,6-12,16H2,1H3,(H,37,38). The highest BCUT2D eigenvalue weighted by atomic mass is 19.2. The lowest BCUT2D eigenvalue weighted by Gasteiger charge is -2.38. The van der Waals surface area contributed by atoms with Gasteiger partial charge in [0.2, 0.25) is 0 Å². The van der Waals surface area contributed by atoms with E-state index >= 15 is 0 Å². The largest absolute Gasteiger partial charge is 0.497 e. The molecule has 10 heteroatoms. The van der Waals surface area contributed by atoms with E-state index in [2.05, 4.69) is 16.8 Å². The first-order valence-electron chi connectivity index (χ1n) is 12.5. The summed E-state index contributed by atoms with van der Waals surface area (Å²) in [5.74, 6) is 1.21. The topological polar surface area (TPSA) is 82.9 Å². The molecule has 0 aliphatic carbocycles. The minimum absolute atomic E-state index is 0.0971. The Morgan fingerprint density at radius 1 is 1.21 bits per heavy atom. The molecule has 1 aromatic heterocycles. The number of hydrogen-bond acceptors (Lipinski definition) is 5. The molecule has 0 saturated carbocycles. The van der Waals surface area contributed by atoms with Crippen LogP contribution in [-0.2, 0) is 11.5 Å². The molecule has 206 valence electrons. The molecule has 1 saturated heterocycles. The van der Waals surface area contributed by atoms with Crippen LogP contribution in [0.5, 0.6) is 5.75 Å². The van der Waals surface area contributed by atoms with Gasteiger partial charge in [0.25, 0.3) is 0 Å². The van der Waals surface area contributed by atoms with Crippen LogP contribution in [0.1, 0.15) is 48.5 Å². The van der Waals surface area contributed by atoms with Crippen molar-refractivity contribution in [2.75, 3.05) is 26.7 Å². The predicted molar refractivity (Wildman–Crippen MR) is 136 cm³/mol. The van der Waals surface area contributed by atoms with Gasteiger partial charge in [-0.15, -0.1) is 0 Å². The van der Waals surface area contributed by atoms with Gasteiger partial charge in [0.1, 0.15) is 18.2 Å². The van der Waals surface area contributed by atoms with Gasteiger partial charge in [-0.25, -0.2) is 17.6 Å². The number of rotatable bonds is 8. The molecular weight excluding hydrogens is 516 g/mol. The zero-order valence-corrected chi connectivity index (χ0v) is 21.3. The second-order valence-electron chi connectivity index (χ2n) is 9.68. The zero-order chi connectivity index (χ0) is 28.2. The number of fused-ring (bicyclic) bond motifs is 1. The highest BCUT2D eigenvalue weighted by molar-refractivity contribution is 5.85. The van der Waals surface area contributed by atoms with Crippen molar-refractivity contribution in [1.82, 2.24) is 9.88 Å². The smallest absolute Gasteiger partial charge is 0.309 e. The summed E-state index contributed by atoms with van der Waals surface area (Å²) in [6.07, 6.45) is 1.08. The normalized spacial score (nSPS) is 15.9. The third kappa shape index (κ3) is 6.15. The number of aliphatic carboxylic acids is 1.